The van der Waals surface area contributed by atoms with Crippen molar-refractivity contribution < 1.29 is 19.2 Å². The highest BCUT2D eigenvalue weighted by atomic mass is 16.2. The van der Waals surface area contributed by atoms with Crippen LogP contribution in [0.25, 0.3) is 0 Å². The van der Waals surface area contributed by atoms with Gasteiger partial charge in [0.15, 0.2) is 0 Å². The lowest BCUT2D eigenvalue weighted by Gasteiger charge is -2.34. The van der Waals surface area contributed by atoms with E-state index in [9.17, 15) is 19.2 Å². The molecule has 2 aliphatic rings. The number of hydrogen-bond acceptors (Lipinski definition) is 4. The van der Waals surface area contributed by atoms with Crippen molar-refractivity contribution in [1.29, 1.82) is 0 Å². The molecule has 178 valence electrons. The fourth-order valence-electron chi connectivity index (χ4n) is 4.34. The highest BCUT2D eigenvalue weighted by Crippen LogP contribution is 2.19. The molecule has 0 bridgehead atoms. The fourth-order valence-corrected chi connectivity index (χ4v) is 4.34. The van der Waals surface area contributed by atoms with Crippen molar-refractivity contribution in [2.24, 2.45) is 0 Å². The van der Waals surface area contributed by atoms with Crippen LogP contribution in [-0.2, 0) is 19.2 Å². The SMILES string of the molecule is CCCC(=O)N1CCCCC1C(=O)NCC#CCNC(=O)C1CCCCN1C(=O)CCC. The lowest BCUT2D eigenvalue weighted by atomic mass is 10.0. The number of piperidine rings is 2. The average Bonchev–Trinajstić information content (AvgIpc) is 2.81. The van der Waals surface area contributed by atoms with Crippen LogP contribution in [0.3, 0.4) is 0 Å². The maximum absolute atomic E-state index is 12.5. The molecule has 0 saturated carbocycles. The molecule has 2 saturated heterocycles. The van der Waals surface area contributed by atoms with Gasteiger partial charge in [0.25, 0.3) is 0 Å². The molecule has 0 aromatic rings. The molecule has 2 N–H and O–H groups in total. The Hall–Kier alpha value is -2.56. The maximum Gasteiger partial charge on any atom is 0.243 e. The van der Waals surface area contributed by atoms with Crippen LogP contribution in [0.5, 0.6) is 0 Å². The zero-order valence-electron chi connectivity index (χ0n) is 19.6. The van der Waals surface area contributed by atoms with Crippen LogP contribution in [0.1, 0.15) is 78.1 Å². The van der Waals surface area contributed by atoms with Gasteiger partial charge in [-0.25, -0.2) is 0 Å². The highest BCUT2D eigenvalue weighted by Gasteiger charge is 2.32. The summed E-state index contributed by atoms with van der Waals surface area (Å²) in [5.41, 5.74) is 0. The summed E-state index contributed by atoms with van der Waals surface area (Å²) in [6.45, 7) is 5.53. The molecule has 0 spiro atoms. The number of nitrogens with one attached hydrogen (secondary N) is 2. The van der Waals surface area contributed by atoms with Gasteiger partial charge in [0.05, 0.1) is 13.1 Å². The van der Waals surface area contributed by atoms with Crippen molar-refractivity contribution in [3.63, 3.8) is 0 Å². The molecule has 0 aromatic heterocycles. The van der Waals surface area contributed by atoms with E-state index in [0.717, 1.165) is 38.5 Å². The molecule has 0 aliphatic carbocycles. The number of carbonyl (C=O) groups is 4. The highest BCUT2D eigenvalue weighted by molar-refractivity contribution is 5.88. The predicted molar refractivity (Wildman–Crippen MR) is 122 cm³/mol. The van der Waals surface area contributed by atoms with E-state index < -0.39 is 12.1 Å². The Morgan fingerprint density at radius 1 is 0.719 bits per heavy atom. The number of hydrogen-bond donors (Lipinski definition) is 2. The van der Waals surface area contributed by atoms with Crippen LogP contribution in [0.2, 0.25) is 0 Å². The van der Waals surface area contributed by atoms with E-state index in [1.165, 1.54) is 0 Å². The second-order valence-electron chi connectivity index (χ2n) is 8.49. The largest absolute Gasteiger partial charge is 0.343 e. The molecular weight excluding hydrogens is 408 g/mol. The predicted octanol–water partition coefficient (Wildman–Crippen LogP) is 1.58. The average molecular weight is 447 g/mol. The first-order valence-corrected chi connectivity index (χ1v) is 12.1. The first kappa shape index (κ1) is 25.7. The lowest BCUT2D eigenvalue weighted by molar-refractivity contribution is -0.142. The van der Waals surface area contributed by atoms with Crippen molar-refractivity contribution in [2.75, 3.05) is 26.2 Å². The third kappa shape index (κ3) is 7.54. The Kier molecular flexibility index (Phi) is 11.1. The van der Waals surface area contributed by atoms with E-state index in [0.29, 0.717) is 38.8 Å². The van der Waals surface area contributed by atoms with Crippen molar-refractivity contribution in [2.45, 2.75) is 90.1 Å². The van der Waals surface area contributed by atoms with Crippen molar-refractivity contribution >= 4 is 23.6 Å². The van der Waals surface area contributed by atoms with Crippen molar-refractivity contribution in [1.82, 2.24) is 20.4 Å². The first-order valence-electron chi connectivity index (χ1n) is 12.1. The Bertz CT molecular complexity index is 669. The van der Waals surface area contributed by atoms with Crippen molar-refractivity contribution in [3.8, 4) is 11.8 Å². The van der Waals surface area contributed by atoms with Crippen LogP contribution in [0.4, 0.5) is 0 Å². The quantitative estimate of drug-likeness (QED) is 0.553. The molecule has 2 heterocycles. The van der Waals surface area contributed by atoms with Gasteiger partial charge in [-0.15, -0.1) is 0 Å². The molecule has 32 heavy (non-hydrogen) atoms. The van der Waals surface area contributed by atoms with Crippen LogP contribution < -0.4 is 10.6 Å². The van der Waals surface area contributed by atoms with Crippen LogP contribution in [0, 0.1) is 11.8 Å². The normalized spacial score (nSPS) is 20.7. The van der Waals surface area contributed by atoms with Gasteiger partial charge in [-0.05, 0) is 51.4 Å². The molecule has 4 amide bonds. The molecule has 2 unspecified atom stereocenters. The van der Waals surface area contributed by atoms with Gasteiger partial charge in [0.2, 0.25) is 23.6 Å². The molecule has 2 rings (SSSR count). The van der Waals surface area contributed by atoms with E-state index in [4.69, 9.17) is 0 Å². The Morgan fingerprint density at radius 3 is 1.50 bits per heavy atom. The number of carbonyl (C=O) groups excluding carboxylic acids is 4. The van der Waals surface area contributed by atoms with E-state index in [2.05, 4.69) is 22.5 Å². The minimum atomic E-state index is -0.415. The fraction of sp³-hybridized carbons (Fsp3) is 0.750. The topological polar surface area (TPSA) is 98.8 Å². The van der Waals surface area contributed by atoms with Gasteiger partial charge in [-0.3, -0.25) is 19.2 Å². The number of rotatable bonds is 8. The summed E-state index contributed by atoms with van der Waals surface area (Å²) in [7, 11) is 0. The summed E-state index contributed by atoms with van der Waals surface area (Å²) in [6.07, 6.45) is 7.56. The summed E-state index contributed by atoms with van der Waals surface area (Å²) < 4.78 is 0. The van der Waals surface area contributed by atoms with Crippen LogP contribution in [-0.4, -0.2) is 71.7 Å². The van der Waals surface area contributed by atoms with Crippen LogP contribution >= 0.6 is 0 Å². The van der Waals surface area contributed by atoms with E-state index >= 15 is 0 Å². The molecule has 2 atom stereocenters. The molecule has 2 aliphatic heterocycles. The smallest absolute Gasteiger partial charge is 0.243 e. The molecule has 0 aromatic carbocycles. The van der Waals surface area contributed by atoms with Gasteiger partial charge in [0.1, 0.15) is 12.1 Å². The summed E-state index contributed by atoms with van der Waals surface area (Å²) >= 11 is 0. The number of likely N-dealkylation sites (tertiary alicyclic amines) is 2. The second kappa shape index (κ2) is 13.8. The van der Waals surface area contributed by atoms with E-state index in [1.54, 1.807) is 9.80 Å². The molecule has 0 radical (unpaired) electrons. The maximum atomic E-state index is 12.5. The zero-order valence-corrected chi connectivity index (χ0v) is 19.6. The van der Waals surface area contributed by atoms with Gasteiger partial charge in [0, 0.05) is 25.9 Å². The Labute approximate surface area is 191 Å². The summed E-state index contributed by atoms with van der Waals surface area (Å²) in [5, 5.41) is 5.59. The summed E-state index contributed by atoms with van der Waals surface area (Å²) in [6, 6.07) is -0.829. The molecular formula is C24H38N4O4. The standard InChI is InChI=1S/C24H38N4O4/c1-3-11-21(29)27-17-9-5-13-19(27)23(31)25-15-7-8-16-26-24(32)20-14-6-10-18-28(20)22(30)12-4-2/h19-20H,3-6,9-18H2,1-2H3,(H,25,31)(H,26,32). The third-order valence-corrected chi connectivity index (χ3v) is 6.01. The number of amides is 4. The van der Waals surface area contributed by atoms with E-state index in [-0.39, 0.29) is 36.7 Å². The van der Waals surface area contributed by atoms with Crippen molar-refractivity contribution in [3.05, 3.63) is 0 Å². The minimum absolute atomic E-state index is 0.0373. The first-order chi connectivity index (χ1) is 15.5. The Morgan fingerprint density at radius 2 is 1.12 bits per heavy atom. The van der Waals surface area contributed by atoms with Gasteiger partial charge in [-0.2, -0.15) is 0 Å². The summed E-state index contributed by atoms with van der Waals surface area (Å²) in [5.74, 6) is 5.45. The number of nitrogens with zero attached hydrogens (tertiary/aromatic N) is 2. The minimum Gasteiger partial charge on any atom is -0.343 e. The third-order valence-electron chi connectivity index (χ3n) is 6.01. The molecule has 8 heteroatoms. The van der Waals surface area contributed by atoms with Gasteiger partial charge < -0.3 is 20.4 Å². The monoisotopic (exact) mass is 446 g/mol. The molecule has 2 fully saturated rings. The van der Waals surface area contributed by atoms with Crippen LogP contribution in [0.15, 0.2) is 0 Å². The second-order valence-corrected chi connectivity index (χ2v) is 8.49. The van der Waals surface area contributed by atoms with Gasteiger partial charge in [-0.1, -0.05) is 25.7 Å². The lowest BCUT2D eigenvalue weighted by Crippen LogP contribution is -2.52. The van der Waals surface area contributed by atoms with Gasteiger partial charge >= 0.3 is 0 Å². The molecule has 8 nitrogen and oxygen atoms in total. The Balaban J connectivity index is 1.76. The van der Waals surface area contributed by atoms with E-state index in [1.807, 2.05) is 13.8 Å². The summed E-state index contributed by atoms with van der Waals surface area (Å²) in [4.78, 5) is 53.0. The zero-order chi connectivity index (χ0) is 23.3.